The van der Waals surface area contributed by atoms with E-state index in [4.69, 9.17) is 4.42 Å². The molecule has 0 radical (unpaired) electrons. The molecule has 1 aliphatic carbocycles. The molecule has 0 bridgehead atoms. The molecule has 0 aliphatic heterocycles. The van der Waals surface area contributed by atoms with Gasteiger partial charge in [0.25, 0.3) is 0 Å². The highest BCUT2D eigenvalue weighted by Crippen LogP contribution is 2.42. The van der Waals surface area contributed by atoms with E-state index in [2.05, 4.69) is 0 Å². The van der Waals surface area contributed by atoms with Gasteiger partial charge in [-0.15, -0.1) is 0 Å². The lowest BCUT2D eigenvalue weighted by Gasteiger charge is -2.31. The zero-order valence-electron chi connectivity index (χ0n) is 9.59. The number of carboxylic acid groups (broad SMARTS) is 1. The number of hydrogen-bond donors (Lipinski definition) is 1. The van der Waals surface area contributed by atoms with E-state index in [0.717, 1.165) is 18.6 Å². The second-order valence-corrected chi connectivity index (χ2v) is 4.61. The molecule has 0 saturated heterocycles. The lowest BCUT2D eigenvalue weighted by atomic mass is 9.72. The number of hydrogen-bond acceptors (Lipinski definition) is 2. The largest absolute Gasteiger partial charge is 0.480 e. The molecule has 1 saturated carbocycles. The summed E-state index contributed by atoms with van der Waals surface area (Å²) in [6.07, 6.45) is -1.64. The Labute approximate surface area is 102 Å². The zero-order valence-corrected chi connectivity index (χ0v) is 9.59. The van der Waals surface area contributed by atoms with Crippen molar-refractivity contribution in [2.24, 2.45) is 0 Å². The first-order chi connectivity index (χ1) is 8.36. The van der Waals surface area contributed by atoms with E-state index in [1.54, 1.807) is 0 Å². The highest BCUT2D eigenvalue weighted by molar-refractivity contribution is 5.80. The number of carboxylic acids is 1. The number of rotatable bonds is 2. The van der Waals surface area contributed by atoms with Gasteiger partial charge in [0, 0.05) is 0 Å². The van der Waals surface area contributed by atoms with Gasteiger partial charge in [-0.2, -0.15) is 13.2 Å². The van der Waals surface area contributed by atoms with E-state index >= 15 is 0 Å². The Hall–Kier alpha value is -1.46. The summed E-state index contributed by atoms with van der Waals surface area (Å²) >= 11 is 0. The van der Waals surface area contributed by atoms with Crippen molar-refractivity contribution < 1.29 is 27.5 Å². The second-order valence-electron chi connectivity index (χ2n) is 4.61. The van der Waals surface area contributed by atoms with E-state index < -0.39 is 23.3 Å². The number of aliphatic carboxylic acids is 1. The van der Waals surface area contributed by atoms with Crippen LogP contribution in [0.4, 0.5) is 13.2 Å². The Bertz CT molecular complexity index is 442. The van der Waals surface area contributed by atoms with Crippen LogP contribution < -0.4 is 0 Å². The van der Waals surface area contributed by atoms with Crippen molar-refractivity contribution in [3.05, 3.63) is 23.7 Å². The van der Waals surface area contributed by atoms with Gasteiger partial charge in [0.2, 0.25) is 5.76 Å². The van der Waals surface area contributed by atoms with Crippen LogP contribution in [0.2, 0.25) is 0 Å². The average molecular weight is 262 g/mol. The standard InChI is InChI=1S/C12H13F3O3/c13-12(14,15)9-5-4-8(18-9)11(10(16)17)6-2-1-3-7-11/h4-5H,1-3,6-7H2,(H,16,17). The van der Waals surface area contributed by atoms with Crippen LogP contribution in [0.15, 0.2) is 16.5 Å². The molecule has 0 spiro atoms. The molecule has 6 heteroatoms. The van der Waals surface area contributed by atoms with Gasteiger partial charge in [-0.3, -0.25) is 4.79 Å². The summed E-state index contributed by atoms with van der Waals surface area (Å²) < 4.78 is 42.1. The van der Waals surface area contributed by atoms with Gasteiger partial charge in [0.05, 0.1) is 0 Å². The highest BCUT2D eigenvalue weighted by atomic mass is 19.4. The van der Waals surface area contributed by atoms with E-state index in [1.165, 1.54) is 0 Å². The minimum Gasteiger partial charge on any atom is -0.480 e. The fourth-order valence-corrected chi connectivity index (χ4v) is 2.47. The molecule has 1 aromatic heterocycles. The first-order valence-corrected chi connectivity index (χ1v) is 5.77. The van der Waals surface area contributed by atoms with E-state index in [-0.39, 0.29) is 5.76 Å². The Kier molecular flexibility index (Phi) is 3.12. The summed E-state index contributed by atoms with van der Waals surface area (Å²) in [5.41, 5.74) is -1.29. The quantitative estimate of drug-likeness (QED) is 0.886. The van der Waals surface area contributed by atoms with Crippen LogP contribution in [-0.4, -0.2) is 11.1 Å². The molecule has 1 fully saturated rings. The SMILES string of the molecule is O=C(O)C1(c2ccc(C(F)(F)F)o2)CCCCC1. The monoisotopic (exact) mass is 262 g/mol. The van der Waals surface area contributed by atoms with Crippen LogP contribution in [-0.2, 0) is 16.4 Å². The molecular weight excluding hydrogens is 249 g/mol. The molecule has 0 amide bonds. The lowest BCUT2D eigenvalue weighted by Crippen LogP contribution is -2.37. The van der Waals surface area contributed by atoms with Crippen LogP contribution in [0, 0.1) is 0 Å². The van der Waals surface area contributed by atoms with Crippen molar-refractivity contribution >= 4 is 5.97 Å². The van der Waals surface area contributed by atoms with Crippen LogP contribution in [0.5, 0.6) is 0 Å². The third-order valence-corrected chi connectivity index (χ3v) is 3.47. The van der Waals surface area contributed by atoms with Crippen molar-refractivity contribution in [3.63, 3.8) is 0 Å². The topological polar surface area (TPSA) is 50.4 Å². The summed E-state index contributed by atoms with van der Waals surface area (Å²) in [4.78, 5) is 11.4. The average Bonchev–Trinajstić information content (AvgIpc) is 2.79. The number of alkyl halides is 3. The molecular formula is C12H13F3O3. The highest BCUT2D eigenvalue weighted by Gasteiger charge is 2.46. The number of carbonyl (C=O) groups is 1. The molecule has 18 heavy (non-hydrogen) atoms. The van der Waals surface area contributed by atoms with Crippen LogP contribution in [0.3, 0.4) is 0 Å². The molecule has 0 aromatic carbocycles. The molecule has 100 valence electrons. The minimum absolute atomic E-state index is 0.0815. The summed E-state index contributed by atoms with van der Waals surface area (Å²) in [6.45, 7) is 0. The summed E-state index contributed by atoms with van der Waals surface area (Å²) in [5, 5.41) is 9.31. The van der Waals surface area contributed by atoms with Crippen molar-refractivity contribution in [2.75, 3.05) is 0 Å². The Morgan fingerprint density at radius 1 is 1.22 bits per heavy atom. The maximum absolute atomic E-state index is 12.5. The Morgan fingerprint density at radius 2 is 1.83 bits per heavy atom. The maximum atomic E-state index is 12.5. The first kappa shape index (κ1) is 13.0. The van der Waals surface area contributed by atoms with Gasteiger partial charge in [0.15, 0.2) is 0 Å². The lowest BCUT2D eigenvalue weighted by molar-refractivity contribution is -0.156. The summed E-state index contributed by atoms with van der Waals surface area (Å²) in [5.74, 6) is -2.32. The van der Waals surface area contributed by atoms with E-state index in [0.29, 0.717) is 25.7 Å². The van der Waals surface area contributed by atoms with Gasteiger partial charge >= 0.3 is 12.1 Å². The van der Waals surface area contributed by atoms with Crippen LogP contribution in [0.25, 0.3) is 0 Å². The number of halogens is 3. The Morgan fingerprint density at radius 3 is 2.28 bits per heavy atom. The van der Waals surface area contributed by atoms with Crippen molar-refractivity contribution in [3.8, 4) is 0 Å². The van der Waals surface area contributed by atoms with Crippen LogP contribution >= 0.6 is 0 Å². The molecule has 0 unspecified atom stereocenters. The van der Waals surface area contributed by atoms with Gasteiger partial charge in [-0.1, -0.05) is 19.3 Å². The third kappa shape index (κ3) is 2.11. The fourth-order valence-electron chi connectivity index (χ4n) is 2.47. The number of furan rings is 1. The fraction of sp³-hybridized carbons (Fsp3) is 0.583. The minimum atomic E-state index is -4.58. The predicted molar refractivity (Wildman–Crippen MR) is 56.1 cm³/mol. The van der Waals surface area contributed by atoms with Crippen LogP contribution in [0.1, 0.15) is 43.6 Å². The van der Waals surface area contributed by atoms with Gasteiger partial charge < -0.3 is 9.52 Å². The molecule has 1 aromatic rings. The van der Waals surface area contributed by atoms with Crippen molar-refractivity contribution in [1.82, 2.24) is 0 Å². The third-order valence-electron chi connectivity index (χ3n) is 3.47. The predicted octanol–water partition coefficient (Wildman–Crippen LogP) is 3.58. The van der Waals surface area contributed by atoms with Gasteiger partial charge in [-0.05, 0) is 25.0 Å². The molecule has 1 heterocycles. The molecule has 2 rings (SSSR count). The maximum Gasteiger partial charge on any atom is 0.449 e. The summed E-state index contributed by atoms with van der Waals surface area (Å²) in [6, 6.07) is 1.94. The second kappa shape index (κ2) is 4.33. The molecule has 1 aliphatic rings. The van der Waals surface area contributed by atoms with E-state index in [1.807, 2.05) is 0 Å². The zero-order chi connectivity index (χ0) is 13.4. The van der Waals surface area contributed by atoms with Gasteiger partial charge in [0.1, 0.15) is 11.2 Å². The molecule has 3 nitrogen and oxygen atoms in total. The molecule has 1 N–H and O–H groups in total. The van der Waals surface area contributed by atoms with Crippen molar-refractivity contribution in [1.29, 1.82) is 0 Å². The normalized spacial score (nSPS) is 19.7. The molecule has 0 atom stereocenters. The Balaban J connectivity index is 2.38. The van der Waals surface area contributed by atoms with Crippen molar-refractivity contribution in [2.45, 2.75) is 43.7 Å². The van der Waals surface area contributed by atoms with Gasteiger partial charge in [-0.25, -0.2) is 0 Å². The smallest absolute Gasteiger partial charge is 0.449 e. The van der Waals surface area contributed by atoms with E-state index in [9.17, 15) is 23.1 Å². The summed E-state index contributed by atoms with van der Waals surface area (Å²) in [7, 11) is 0. The first-order valence-electron chi connectivity index (χ1n) is 5.77.